The molecule has 1 unspecified atom stereocenters. The number of nitrogens with zero attached hydrogens (tertiary/aromatic N) is 3. The van der Waals surface area contributed by atoms with E-state index in [9.17, 15) is 0 Å². The summed E-state index contributed by atoms with van der Waals surface area (Å²) < 4.78 is 0. The summed E-state index contributed by atoms with van der Waals surface area (Å²) in [4.78, 5) is 11.1. The topological polar surface area (TPSA) is 53.1 Å². The maximum absolute atomic E-state index is 4.47. The summed E-state index contributed by atoms with van der Waals surface area (Å²) in [7, 11) is 2.05. The van der Waals surface area contributed by atoms with Crippen LogP contribution in [-0.4, -0.2) is 43.2 Å². The Morgan fingerprint density at radius 1 is 1.47 bits per heavy atom. The fraction of sp³-hybridized carbons (Fsp3) is 0.714. The third kappa shape index (κ3) is 4.06. The van der Waals surface area contributed by atoms with Crippen LogP contribution < -0.4 is 15.5 Å². The van der Waals surface area contributed by atoms with Crippen molar-refractivity contribution in [1.29, 1.82) is 0 Å². The average molecular weight is 263 g/mol. The Hall–Kier alpha value is -1.36. The van der Waals surface area contributed by atoms with Gasteiger partial charge in [-0.15, -0.1) is 0 Å². The summed E-state index contributed by atoms with van der Waals surface area (Å²) in [5.74, 6) is 3.45. The molecule has 0 saturated carbocycles. The molecule has 1 aromatic heterocycles. The monoisotopic (exact) mass is 263 g/mol. The largest absolute Gasteiger partial charge is 0.370 e. The second-order valence-corrected chi connectivity index (χ2v) is 5.27. The number of hydrogen-bond acceptors (Lipinski definition) is 5. The van der Waals surface area contributed by atoms with Crippen LogP contribution in [0.25, 0.3) is 0 Å². The first-order valence-electron chi connectivity index (χ1n) is 7.20. The van der Waals surface area contributed by atoms with Crippen molar-refractivity contribution in [2.45, 2.75) is 26.7 Å². The Morgan fingerprint density at radius 2 is 2.32 bits per heavy atom. The molecule has 0 bridgehead atoms. The van der Waals surface area contributed by atoms with Crippen molar-refractivity contribution < 1.29 is 0 Å². The normalized spacial score (nSPS) is 19.2. The van der Waals surface area contributed by atoms with Crippen molar-refractivity contribution in [2.24, 2.45) is 5.92 Å². The van der Waals surface area contributed by atoms with Gasteiger partial charge in [0.25, 0.3) is 0 Å². The summed E-state index contributed by atoms with van der Waals surface area (Å²) in [5, 5.41) is 6.90. The van der Waals surface area contributed by atoms with Gasteiger partial charge in [-0.2, -0.15) is 0 Å². The van der Waals surface area contributed by atoms with E-state index < -0.39 is 0 Å². The van der Waals surface area contributed by atoms with Gasteiger partial charge in [0.2, 0.25) is 0 Å². The number of aromatic nitrogens is 2. The highest BCUT2D eigenvalue weighted by atomic mass is 15.2. The summed E-state index contributed by atoms with van der Waals surface area (Å²) in [6.07, 6.45) is 2.57. The summed E-state index contributed by atoms with van der Waals surface area (Å²) in [6, 6.07) is 2.03. The quantitative estimate of drug-likeness (QED) is 0.846. The smallest absolute Gasteiger partial charge is 0.134 e. The lowest BCUT2D eigenvalue weighted by Crippen LogP contribution is -2.33. The Labute approximate surface area is 115 Å². The summed E-state index contributed by atoms with van der Waals surface area (Å²) >= 11 is 0. The zero-order chi connectivity index (χ0) is 13.7. The maximum atomic E-state index is 4.47. The molecule has 2 rings (SSSR count). The van der Waals surface area contributed by atoms with Gasteiger partial charge in [-0.05, 0) is 45.7 Å². The zero-order valence-corrected chi connectivity index (χ0v) is 12.2. The fourth-order valence-electron chi connectivity index (χ4n) is 2.35. The minimum absolute atomic E-state index is 0.705. The molecule has 19 heavy (non-hydrogen) atoms. The minimum Gasteiger partial charge on any atom is -0.370 e. The molecule has 5 nitrogen and oxygen atoms in total. The molecule has 1 saturated heterocycles. The molecule has 1 atom stereocenters. The van der Waals surface area contributed by atoms with Gasteiger partial charge in [-0.3, -0.25) is 0 Å². The lowest BCUT2D eigenvalue weighted by molar-refractivity contribution is 0.392. The first kappa shape index (κ1) is 14.1. The van der Waals surface area contributed by atoms with E-state index in [1.807, 2.05) is 13.0 Å². The van der Waals surface area contributed by atoms with E-state index in [0.29, 0.717) is 5.92 Å². The summed E-state index contributed by atoms with van der Waals surface area (Å²) in [5.41, 5.74) is 0. The van der Waals surface area contributed by atoms with Crippen molar-refractivity contribution in [2.75, 3.05) is 43.4 Å². The molecular weight excluding hydrogens is 238 g/mol. The van der Waals surface area contributed by atoms with Crippen LogP contribution in [0.3, 0.4) is 0 Å². The van der Waals surface area contributed by atoms with E-state index in [1.165, 1.54) is 12.8 Å². The van der Waals surface area contributed by atoms with Crippen LogP contribution in [0.2, 0.25) is 0 Å². The van der Waals surface area contributed by atoms with Crippen LogP contribution in [0.4, 0.5) is 11.6 Å². The number of anilines is 2. The molecule has 1 aromatic rings. The van der Waals surface area contributed by atoms with Gasteiger partial charge in [-0.25, -0.2) is 9.97 Å². The average Bonchev–Trinajstić information content (AvgIpc) is 2.45. The van der Waals surface area contributed by atoms with E-state index in [-0.39, 0.29) is 0 Å². The molecular formula is C14H25N5. The third-order valence-corrected chi connectivity index (χ3v) is 3.66. The van der Waals surface area contributed by atoms with Crippen LogP contribution in [0.15, 0.2) is 6.07 Å². The molecule has 106 valence electrons. The highest BCUT2D eigenvalue weighted by molar-refractivity contribution is 5.48. The van der Waals surface area contributed by atoms with E-state index in [2.05, 4.69) is 39.5 Å². The highest BCUT2D eigenvalue weighted by Crippen LogP contribution is 2.16. The van der Waals surface area contributed by atoms with Crippen LogP contribution >= 0.6 is 0 Å². The van der Waals surface area contributed by atoms with Gasteiger partial charge in [-0.1, -0.05) is 0 Å². The predicted octanol–water partition coefficient (Wildman–Crippen LogP) is 1.65. The van der Waals surface area contributed by atoms with E-state index in [4.69, 9.17) is 0 Å². The second kappa shape index (κ2) is 6.70. The van der Waals surface area contributed by atoms with Gasteiger partial charge in [0.1, 0.15) is 17.5 Å². The lowest BCUT2D eigenvalue weighted by atomic mass is 10.00. The van der Waals surface area contributed by atoms with Gasteiger partial charge in [0.05, 0.1) is 0 Å². The van der Waals surface area contributed by atoms with Crippen molar-refractivity contribution in [3.63, 3.8) is 0 Å². The second-order valence-electron chi connectivity index (χ2n) is 5.27. The Bertz CT molecular complexity index is 401. The van der Waals surface area contributed by atoms with E-state index in [0.717, 1.165) is 43.6 Å². The molecule has 0 radical (unpaired) electrons. The van der Waals surface area contributed by atoms with E-state index >= 15 is 0 Å². The molecule has 5 heteroatoms. The maximum Gasteiger partial charge on any atom is 0.134 e. The summed E-state index contributed by atoms with van der Waals surface area (Å²) in [6.45, 7) is 8.27. The van der Waals surface area contributed by atoms with Crippen molar-refractivity contribution in [3.05, 3.63) is 11.9 Å². The zero-order valence-electron chi connectivity index (χ0n) is 12.2. The third-order valence-electron chi connectivity index (χ3n) is 3.66. The van der Waals surface area contributed by atoms with Crippen LogP contribution in [0.5, 0.6) is 0 Å². The van der Waals surface area contributed by atoms with Crippen molar-refractivity contribution in [1.82, 2.24) is 15.3 Å². The molecule has 0 aromatic carbocycles. The minimum atomic E-state index is 0.705. The Balaban J connectivity index is 1.97. The Morgan fingerprint density at radius 3 is 3.00 bits per heavy atom. The van der Waals surface area contributed by atoms with Crippen LogP contribution in [-0.2, 0) is 0 Å². The first-order chi connectivity index (χ1) is 9.19. The fourth-order valence-corrected chi connectivity index (χ4v) is 2.35. The Kier molecular flexibility index (Phi) is 4.96. The number of aryl methyl sites for hydroxylation is 1. The number of hydrogen-bond donors (Lipinski definition) is 2. The van der Waals surface area contributed by atoms with Gasteiger partial charge < -0.3 is 15.5 Å². The molecule has 0 aliphatic carbocycles. The standard InChI is InChI=1S/C14H25N5/c1-4-19(3)14-8-13(17-11(2)18-14)16-10-12-6-5-7-15-9-12/h8,12,15H,4-7,9-10H2,1-3H3,(H,16,17,18). The molecule has 1 aliphatic rings. The van der Waals surface area contributed by atoms with Crippen LogP contribution in [0.1, 0.15) is 25.6 Å². The lowest BCUT2D eigenvalue weighted by Gasteiger charge is -2.23. The number of nitrogens with one attached hydrogen (secondary N) is 2. The molecule has 1 fully saturated rings. The van der Waals surface area contributed by atoms with Crippen molar-refractivity contribution >= 4 is 11.6 Å². The molecule has 0 spiro atoms. The van der Waals surface area contributed by atoms with Gasteiger partial charge in [0.15, 0.2) is 0 Å². The van der Waals surface area contributed by atoms with Crippen LogP contribution in [0, 0.1) is 12.8 Å². The SMILES string of the molecule is CCN(C)c1cc(NCC2CCCNC2)nc(C)n1. The molecule has 0 amide bonds. The molecule has 1 aliphatic heterocycles. The number of rotatable bonds is 5. The van der Waals surface area contributed by atoms with E-state index in [1.54, 1.807) is 0 Å². The molecule has 2 heterocycles. The van der Waals surface area contributed by atoms with Gasteiger partial charge in [0, 0.05) is 26.2 Å². The number of piperidine rings is 1. The highest BCUT2D eigenvalue weighted by Gasteiger charge is 2.13. The first-order valence-corrected chi connectivity index (χ1v) is 7.20. The van der Waals surface area contributed by atoms with Crippen molar-refractivity contribution in [3.8, 4) is 0 Å². The molecule has 2 N–H and O–H groups in total. The predicted molar refractivity (Wildman–Crippen MR) is 79.8 cm³/mol. The van der Waals surface area contributed by atoms with Gasteiger partial charge >= 0.3 is 0 Å².